The maximum Gasteiger partial charge on any atom is 0.327 e. The minimum Gasteiger partial charge on any atom is -0.480 e. The molecule has 0 spiro atoms. The van der Waals surface area contributed by atoms with Crippen molar-refractivity contribution in [3.63, 3.8) is 0 Å². The first-order valence-corrected chi connectivity index (χ1v) is 19.1. The van der Waals surface area contributed by atoms with Crippen LogP contribution < -0.4 is 10.2 Å². The van der Waals surface area contributed by atoms with Gasteiger partial charge in [-0.2, -0.15) is 0 Å². The lowest BCUT2D eigenvalue weighted by molar-refractivity contribution is -0.153. The molecule has 0 unspecified atom stereocenters. The van der Waals surface area contributed by atoms with Gasteiger partial charge in [-0.1, -0.05) is 86.6 Å². The molecule has 0 aromatic heterocycles. The number of aliphatic carboxylic acids is 2. The van der Waals surface area contributed by atoms with Crippen molar-refractivity contribution in [1.82, 2.24) is 10.2 Å². The largest absolute Gasteiger partial charge is 0.480 e. The average Bonchev–Trinajstić information content (AvgIpc) is 3.59. The summed E-state index contributed by atoms with van der Waals surface area (Å²) < 4.78 is 10.2. The van der Waals surface area contributed by atoms with Gasteiger partial charge in [0.1, 0.15) is 18.1 Å². The van der Waals surface area contributed by atoms with Crippen LogP contribution in [0.5, 0.6) is 0 Å². The number of rotatable bonds is 15. The summed E-state index contributed by atoms with van der Waals surface area (Å²) in [6, 6.07) is 21.3. The zero-order valence-electron chi connectivity index (χ0n) is 32.7. The highest BCUT2D eigenvalue weighted by Gasteiger charge is 2.40. The summed E-state index contributed by atoms with van der Waals surface area (Å²) in [5, 5.41) is 22.3. The van der Waals surface area contributed by atoms with E-state index in [4.69, 9.17) is 9.47 Å². The molecule has 2 aliphatic heterocycles. The monoisotopic (exact) mass is 771 g/mol. The van der Waals surface area contributed by atoms with Gasteiger partial charge in [0.25, 0.3) is 0 Å². The summed E-state index contributed by atoms with van der Waals surface area (Å²) in [5.41, 5.74) is 4.46. The fourth-order valence-electron chi connectivity index (χ4n) is 7.17. The summed E-state index contributed by atoms with van der Waals surface area (Å²) in [6.45, 7) is 9.34. The zero-order chi connectivity index (χ0) is 40.9. The SMILES string of the molecule is CCOC(=O)[C@H](C)C[C@@H](C)C(=O)N1c2ccccc2C[C@H]1C(=O)O.CCOC(=O)[C@H](CCc1ccccc1)N[C@@H](C)C(=O)N1Cc2ccccc2C[C@H]1C(=O)O. The lowest BCUT2D eigenvalue weighted by atomic mass is 9.93. The van der Waals surface area contributed by atoms with Crippen molar-refractivity contribution >= 4 is 41.4 Å². The zero-order valence-corrected chi connectivity index (χ0v) is 32.7. The van der Waals surface area contributed by atoms with Crippen LogP contribution in [0.15, 0.2) is 78.9 Å². The highest BCUT2D eigenvalue weighted by Crippen LogP contribution is 2.34. The second-order valence-electron chi connectivity index (χ2n) is 14.2. The number of carboxylic acids is 2. The summed E-state index contributed by atoms with van der Waals surface area (Å²) in [5.74, 6) is -4.32. The molecule has 3 aromatic rings. The lowest BCUT2D eigenvalue weighted by Gasteiger charge is -2.36. The van der Waals surface area contributed by atoms with Gasteiger partial charge in [-0.25, -0.2) is 9.59 Å². The molecule has 0 aliphatic carbocycles. The Morgan fingerprint density at radius 1 is 0.696 bits per heavy atom. The van der Waals surface area contributed by atoms with Crippen molar-refractivity contribution in [2.45, 2.75) is 97.4 Å². The molecule has 6 atom stereocenters. The average molecular weight is 772 g/mol. The summed E-state index contributed by atoms with van der Waals surface area (Å²) >= 11 is 0. The fraction of sp³-hybridized carbons (Fsp3) is 0.442. The first-order chi connectivity index (χ1) is 26.8. The maximum absolute atomic E-state index is 13.3. The van der Waals surface area contributed by atoms with Gasteiger partial charge >= 0.3 is 23.9 Å². The molecule has 2 aliphatic rings. The second-order valence-corrected chi connectivity index (χ2v) is 14.2. The van der Waals surface area contributed by atoms with E-state index in [1.54, 1.807) is 46.8 Å². The summed E-state index contributed by atoms with van der Waals surface area (Å²) in [7, 11) is 0. The minimum absolute atomic E-state index is 0.228. The number of anilines is 1. The molecule has 56 heavy (non-hydrogen) atoms. The number of esters is 2. The lowest BCUT2D eigenvalue weighted by Crippen LogP contribution is -2.56. The molecule has 0 radical (unpaired) electrons. The quantitative estimate of drug-likeness (QED) is 0.180. The van der Waals surface area contributed by atoms with E-state index in [0.717, 1.165) is 22.3 Å². The first-order valence-electron chi connectivity index (χ1n) is 19.1. The number of carboxylic acid groups (broad SMARTS) is 2. The van der Waals surface area contributed by atoms with Crippen LogP contribution in [0.1, 0.15) is 69.7 Å². The third-order valence-corrected chi connectivity index (χ3v) is 10.1. The number of aryl methyl sites for hydroxylation is 1. The molecule has 5 rings (SSSR count). The number of amides is 2. The summed E-state index contributed by atoms with van der Waals surface area (Å²) in [6.07, 6.45) is 2.00. The highest BCUT2D eigenvalue weighted by atomic mass is 16.5. The minimum atomic E-state index is -1.04. The number of hydrogen-bond donors (Lipinski definition) is 3. The summed E-state index contributed by atoms with van der Waals surface area (Å²) in [4.78, 5) is 76.6. The molecule has 2 heterocycles. The first kappa shape index (κ1) is 43.2. The Hall–Kier alpha value is -5.56. The Balaban J connectivity index is 0.000000259. The van der Waals surface area contributed by atoms with Crippen molar-refractivity contribution in [2.75, 3.05) is 18.1 Å². The molecule has 0 fully saturated rings. The van der Waals surface area contributed by atoms with E-state index in [1.165, 1.54) is 9.80 Å². The van der Waals surface area contributed by atoms with Crippen LogP contribution >= 0.6 is 0 Å². The van der Waals surface area contributed by atoms with Gasteiger partial charge in [0, 0.05) is 31.0 Å². The normalized spacial score (nSPS) is 17.8. The van der Waals surface area contributed by atoms with Gasteiger partial charge in [0.15, 0.2) is 0 Å². The van der Waals surface area contributed by atoms with Crippen molar-refractivity contribution in [3.05, 3.63) is 101 Å². The Bertz CT molecular complexity index is 1850. The predicted molar refractivity (Wildman–Crippen MR) is 209 cm³/mol. The number of nitrogens with zero attached hydrogens (tertiary/aromatic N) is 2. The number of ether oxygens (including phenoxy) is 2. The molecular formula is C43H53N3O10. The maximum atomic E-state index is 13.3. The molecule has 0 bridgehead atoms. The van der Waals surface area contributed by atoms with E-state index in [1.807, 2.05) is 66.7 Å². The van der Waals surface area contributed by atoms with Crippen molar-refractivity contribution in [1.29, 1.82) is 0 Å². The Kier molecular flexibility index (Phi) is 15.7. The van der Waals surface area contributed by atoms with Gasteiger partial charge < -0.3 is 24.6 Å². The fourth-order valence-corrected chi connectivity index (χ4v) is 7.17. The van der Waals surface area contributed by atoms with E-state index in [-0.39, 0.29) is 37.4 Å². The van der Waals surface area contributed by atoms with Crippen molar-refractivity contribution in [2.24, 2.45) is 11.8 Å². The topological polar surface area (TPSA) is 180 Å². The van der Waals surface area contributed by atoms with Crippen LogP contribution in [0.3, 0.4) is 0 Å². The van der Waals surface area contributed by atoms with Gasteiger partial charge in [-0.15, -0.1) is 0 Å². The highest BCUT2D eigenvalue weighted by molar-refractivity contribution is 6.03. The van der Waals surface area contributed by atoms with Gasteiger partial charge in [0.05, 0.1) is 25.2 Å². The number of carbonyl (C=O) groups excluding carboxylic acids is 4. The van der Waals surface area contributed by atoms with E-state index in [0.29, 0.717) is 38.0 Å². The smallest absolute Gasteiger partial charge is 0.327 e. The van der Waals surface area contributed by atoms with Crippen molar-refractivity contribution < 1.29 is 48.5 Å². The van der Waals surface area contributed by atoms with Crippen LogP contribution in [0.2, 0.25) is 0 Å². The number of para-hydroxylation sites is 1. The number of nitrogens with one attached hydrogen (secondary N) is 1. The standard InChI is InChI=1S/C25H30N2O5.C18H23NO5/c1-3-32-25(31)21(14-13-18-9-5-4-6-10-18)26-17(2)23(28)27-16-20-12-8-7-11-19(20)15-22(27)24(29)30;1-4-24-18(23)12(3)9-11(2)16(20)19-14-8-6-5-7-13(14)10-15(19)17(21)22/h4-12,17,21-22,26H,3,13-16H2,1-2H3,(H,29,30);5-8,11-12,15H,4,9-10H2,1-3H3,(H,21,22)/t17-,21-,22-;11-,12-,15+/m01/s1. The van der Waals surface area contributed by atoms with Crippen LogP contribution in [0, 0.1) is 11.8 Å². The van der Waals surface area contributed by atoms with E-state index < -0.39 is 53.9 Å². The number of benzene rings is 3. The molecule has 0 saturated heterocycles. The molecule has 3 aromatic carbocycles. The van der Waals surface area contributed by atoms with Gasteiger partial charge in [-0.3, -0.25) is 29.4 Å². The second kappa shape index (κ2) is 20.4. The number of hydrogen-bond acceptors (Lipinski definition) is 9. The van der Waals surface area contributed by atoms with E-state index in [9.17, 15) is 39.0 Å². The molecule has 13 heteroatoms. The Labute approximate surface area is 328 Å². The molecule has 300 valence electrons. The van der Waals surface area contributed by atoms with Crippen LogP contribution in [-0.2, 0) is 64.0 Å². The van der Waals surface area contributed by atoms with Crippen molar-refractivity contribution in [3.8, 4) is 0 Å². The van der Waals surface area contributed by atoms with Gasteiger partial charge in [0.2, 0.25) is 11.8 Å². The third-order valence-electron chi connectivity index (χ3n) is 10.1. The Morgan fingerprint density at radius 3 is 1.88 bits per heavy atom. The van der Waals surface area contributed by atoms with Gasteiger partial charge in [-0.05, 0) is 68.4 Å². The van der Waals surface area contributed by atoms with Crippen LogP contribution in [0.25, 0.3) is 0 Å². The molecule has 3 N–H and O–H groups in total. The number of fused-ring (bicyclic) bond motifs is 2. The predicted octanol–water partition coefficient (Wildman–Crippen LogP) is 4.82. The number of carbonyl (C=O) groups is 6. The van der Waals surface area contributed by atoms with Crippen LogP contribution in [-0.4, -0.2) is 88.2 Å². The van der Waals surface area contributed by atoms with E-state index in [2.05, 4.69) is 5.32 Å². The molecule has 0 saturated carbocycles. The third kappa shape index (κ3) is 11.0. The molecule has 2 amide bonds. The molecular weight excluding hydrogens is 718 g/mol. The molecule has 13 nitrogen and oxygen atoms in total. The Morgan fingerprint density at radius 2 is 1.25 bits per heavy atom. The van der Waals surface area contributed by atoms with Crippen LogP contribution in [0.4, 0.5) is 5.69 Å². The van der Waals surface area contributed by atoms with E-state index >= 15 is 0 Å².